The highest BCUT2D eigenvalue weighted by Gasteiger charge is 2.22. The number of likely N-dealkylation sites (tertiary alicyclic amines) is 1. The van der Waals surface area contributed by atoms with Crippen molar-refractivity contribution >= 4 is 11.7 Å². The van der Waals surface area contributed by atoms with Gasteiger partial charge in [-0.15, -0.1) is 0 Å². The van der Waals surface area contributed by atoms with Gasteiger partial charge in [-0.2, -0.15) is 0 Å². The molecule has 1 fully saturated rings. The number of hydrogen-bond acceptors (Lipinski definition) is 3. The van der Waals surface area contributed by atoms with Crippen LogP contribution < -0.4 is 10.6 Å². The van der Waals surface area contributed by atoms with Gasteiger partial charge in [-0.3, -0.25) is 0 Å². The summed E-state index contributed by atoms with van der Waals surface area (Å²) in [4.78, 5) is 19.3. The van der Waals surface area contributed by atoms with Crippen molar-refractivity contribution in [3.05, 3.63) is 36.2 Å². The van der Waals surface area contributed by atoms with Gasteiger partial charge in [-0.05, 0) is 44.4 Å². The van der Waals surface area contributed by atoms with Gasteiger partial charge in [-0.25, -0.2) is 9.78 Å². The van der Waals surface area contributed by atoms with Gasteiger partial charge in [0.1, 0.15) is 5.82 Å². The molecule has 1 atom stereocenters. The predicted octanol–water partition coefficient (Wildman–Crippen LogP) is 3.10. The van der Waals surface area contributed by atoms with Crippen LogP contribution in [0.4, 0.5) is 10.5 Å². The number of anilines is 1. The van der Waals surface area contributed by atoms with E-state index in [0.29, 0.717) is 0 Å². The number of carbonyl (C=O) groups excluding carboxylic acids is 1. The minimum Gasteiger partial charge on any atom is -0.334 e. The molecular weight excluding hydrogens is 326 g/mol. The van der Waals surface area contributed by atoms with Gasteiger partial charge in [0.25, 0.3) is 0 Å². The molecule has 138 valence electrons. The lowest BCUT2D eigenvalue weighted by Gasteiger charge is -2.17. The zero-order valence-corrected chi connectivity index (χ0v) is 15.4. The number of amides is 2. The Hall–Kier alpha value is -2.34. The average Bonchev–Trinajstić information content (AvgIpc) is 3.28. The van der Waals surface area contributed by atoms with E-state index in [1.807, 2.05) is 24.4 Å². The molecule has 0 saturated carbocycles. The molecule has 0 radical (unpaired) electrons. The number of rotatable bonds is 4. The Morgan fingerprint density at radius 3 is 3.08 bits per heavy atom. The van der Waals surface area contributed by atoms with Crippen LogP contribution in [0.15, 0.2) is 30.5 Å². The average molecular weight is 353 g/mol. The molecular formula is C20H27N5O. The number of urea groups is 1. The molecule has 2 N–H and O–H groups in total. The summed E-state index contributed by atoms with van der Waals surface area (Å²) in [5.41, 5.74) is 3.16. The topological polar surface area (TPSA) is 62.2 Å². The molecule has 2 aliphatic rings. The number of fused-ring (bicyclic) bond motifs is 1. The number of likely N-dealkylation sites (N-methyl/N-ethyl adjacent to an activating group) is 1. The number of imidazole rings is 1. The number of nitrogens with zero attached hydrogens (tertiary/aromatic N) is 3. The Balaban J connectivity index is 1.43. The lowest BCUT2D eigenvalue weighted by molar-refractivity contribution is 0.248. The van der Waals surface area contributed by atoms with Crippen molar-refractivity contribution in [1.82, 2.24) is 19.8 Å². The highest BCUT2D eigenvalue weighted by Crippen LogP contribution is 2.26. The minimum absolute atomic E-state index is 0.129. The summed E-state index contributed by atoms with van der Waals surface area (Å²) < 4.78 is 2.31. The lowest BCUT2D eigenvalue weighted by Crippen LogP contribution is -2.39. The fourth-order valence-corrected chi connectivity index (χ4v) is 3.99. The number of aromatic nitrogens is 2. The molecule has 1 aromatic heterocycles. The first-order valence-corrected chi connectivity index (χ1v) is 9.67. The van der Waals surface area contributed by atoms with Gasteiger partial charge in [0.15, 0.2) is 0 Å². The van der Waals surface area contributed by atoms with Crippen molar-refractivity contribution in [2.75, 3.05) is 25.0 Å². The summed E-state index contributed by atoms with van der Waals surface area (Å²) in [5.74, 6) is 0.998. The number of aryl methyl sites for hydroxylation is 1. The van der Waals surface area contributed by atoms with Crippen LogP contribution in [-0.2, 0) is 13.0 Å². The summed E-state index contributed by atoms with van der Waals surface area (Å²) in [5, 5.41) is 6.06. The second-order valence-electron chi connectivity index (χ2n) is 7.24. The molecule has 6 heteroatoms. The normalized spacial score (nSPS) is 20.0. The van der Waals surface area contributed by atoms with Crippen LogP contribution in [0.3, 0.4) is 0 Å². The summed E-state index contributed by atoms with van der Waals surface area (Å²) >= 11 is 0. The molecule has 0 aliphatic carbocycles. The van der Waals surface area contributed by atoms with E-state index >= 15 is 0 Å². The zero-order valence-electron chi connectivity index (χ0n) is 15.4. The summed E-state index contributed by atoms with van der Waals surface area (Å²) in [7, 11) is 0. The first-order chi connectivity index (χ1) is 12.7. The number of nitrogens with one attached hydrogen (secondary N) is 2. The molecule has 0 bridgehead atoms. The SMILES string of the molecule is CCN1CCC(NC(=O)Nc2cccc(-c3ncc4n3CCCC4)c2)C1. The maximum Gasteiger partial charge on any atom is 0.319 e. The number of hydrogen-bond donors (Lipinski definition) is 2. The number of carbonyl (C=O) groups is 1. The van der Waals surface area contributed by atoms with Crippen LogP contribution in [0, 0.1) is 0 Å². The first-order valence-electron chi connectivity index (χ1n) is 9.67. The summed E-state index contributed by atoms with van der Waals surface area (Å²) in [6.07, 6.45) is 6.54. The molecule has 6 nitrogen and oxygen atoms in total. The van der Waals surface area contributed by atoms with Crippen LogP contribution in [0.25, 0.3) is 11.4 Å². The van der Waals surface area contributed by atoms with Gasteiger partial charge < -0.3 is 20.1 Å². The van der Waals surface area contributed by atoms with Gasteiger partial charge >= 0.3 is 6.03 Å². The van der Waals surface area contributed by atoms with E-state index in [1.54, 1.807) is 0 Å². The molecule has 1 aromatic carbocycles. The van der Waals surface area contributed by atoms with Crippen molar-refractivity contribution in [3.63, 3.8) is 0 Å². The Bertz CT molecular complexity index is 784. The fraction of sp³-hybridized carbons (Fsp3) is 0.500. The molecule has 2 amide bonds. The maximum atomic E-state index is 12.3. The third-order valence-corrected chi connectivity index (χ3v) is 5.44. The van der Waals surface area contributed by atoms with E-state index in [9.17, 15) is 4.79 Å². The Labute approximate surface area is 154 Å². The van der Waals surface area contributed by atoms with Crippen molar-refractivity contribution < 1.29 is 4.79 Å². The summed E-state index contributed by atoms with van der Waals surface area (Å²) in [6.45, 7) is 6.21. The standard InChI is InChI=1S/C20H27N5O/c1-2-24-11-9-17(14-24)23-20(26)22-16-7-5-6-15(12-16)19-21-13-18-8-3-4-10-25(18)19/h5-7,12-13,17H,2-4,8-11,14H2,1H3,(H2,22,23,26). The Kier molecular flexibility index (Phi) is 4.93. The maximum absolute atomic E-state index is 12.3. The van der Waals surface area contributed by atoms with Crippen LogP contribution in [-0.4, -0.2) is 46.2 Å². The molecule has 0 spiro atoms. The third-order valence-electron chi connectivity index (χ3n) is 5.44. The van der Waals surface area contributed by atoms with Gasteiger partial charge in [0.05, 0.1) is 0 Å². The molecule has 1 saturated heterocycles. The van der Waals surface area contributed by atoms with E-state index < -0.39 is 0 Å². The zero-order chi connectivity index (χ0) is 17.9. The fourth-order valence-electron chi connectivity index (χ4n) is 3.99. The second-order valence-corrected chi connectivity index (χ2v) is 7.24. The van der Waals surface area contributed by atoms with Crippen LogP contribution in [0.1, 0.15) is 31.9 Å². The van der Waals surface area contributed by atoms with E-state index in [1.165, 1.54) is 18.5 Å². The smallest absolute Gasteiger partial charge is 0.319 e. The van der Waals surface area contributed by atoms with E-state index in [-0.39, 0.29) is 12.1 Å². The highest BCUT2D eigenvalue weighted by atomic mass is 16.2. The molecule has 3 heterocycles. The van der Waals surface area contributed by atoms with Gasteiger partial charge in [0, 0.05) is 48.8 Å². The monoisotopic (exact) mass is 353 g/mol. The van der Waals surface area contributed by atoms with Gasteiger partial charge in [0.2, 0.25) is 0 Å². The molecule has 4 rings (SSSR count). The molecule has 1 unspecified atom stereocenters. The van der Waals surface area contributed by atoms with Crippen molar-refractivity contribution in [2.45, 2.75) is 45.2 Å². The van der Waals surface area contributed by atoms with Crippen LogP contribution >= 0.6 is 0 Å². The van der Waals surface area contributed by atoms with E-state index in [0.717, 1.165) is 56.1 Å². The first kappa shape index (κ1) is 17.1. The minimum atomic E-state index is -0.129. The Morgan fingerprint density at radius 2 is 2.23 bits per heavy atom. The van der Waals surface area contributed by atoms with Crippen molar-refractivity contribution in [1.29, 1.82) is 0 Å². The van der Waals surface area contributed by atoms with E-state index in [2.05, 4.69) is 38.1 Å². The molecule has 2 aromatic rings. The van der Waals surface area contributed by atoms with Crippen LogP contribution in [0.2, 0.25) is 0 Å². The molecule has 2 aliphatic heterocycles. The lowest BCUT2D eigenvalue weighted by atomic mass is 10.1. The molecule has 26 heavy (non-hydrogen) atoms. The predicted molar refractivity (Wildman–Crippen MR) is 103 cm³/mol. The van der Waals surface area contributed by atoms with Crippen molar-refractivity contribution in [2.24, 2.45) is 0 Å². The second kappa shape index (κ2) is 7.50. The van der Waals surface area contributed by atoms with Gasteiger partial charge in [-0.1, -0.05) is 19.1 Å². The number of benzene rings is 1. The highest BCUT2D eigenvalue weighted by molar-refractivity contribution is 5.90. The van der Waals surface area contributed by atoms with Crippen molar-refractivity contribution in [3.8, 4) is 11.4 Å². The van der Waals surface area contributed by atoms with E-state index in [4.69, 9.17) is 0 Å². The Morgan fingerprint density at radius 1 is 1.31 bits per heavy atom. The third kappa shape index (κ3) is 3.60. The van der Waals surface area contributed by atoms with Crippen LogP contribution in [0.5, 0.6) is 0 Å². The largest absolute Gasteiger partial charge is 0.334 e. The quantitative estimate of drug-likeness (QED) is 0.888. The summed E-state index contributed by atoms with van der Waals surface area (Å²) in [6, 6.07) is 8.08.